The van der Waals surface area contributed by atoms with Crippen molar-refractivity contribution < 1.29 is 32.1 Å². The third kappa shape index (κ3) is 9.49. The van der Waals surface area contributed by atoms with Gasteiger partial charge in [-0.3, -0.25) is 0 Å². The number of fused-ring (bicyclic) bond motifs is 3. The second kappa shape index (κ2) is 13.7. The molecule has 36 heavy (non-hydrogen) atoms. The van der Waals surface area contributed by atoms with Crippen LogP contribution in [0.4, 0.5) is 0 Å². The molecule has 5 atom stereocenters. The minimum atomic E-state index is -3.29. The van der Waals surface area contributed by atoms with E-state index in [-0.39, 0.29) is 11.5 Å². The highest BCUT2D eigenvalue weighted by Crippen LogP contribution is 2.44. The first-order valence-corrected chi connectivity index (χ1v) is 16.4. The Labute approximate surface area is 220 Å². The summed E-state index contributed by atoms with van der Waals surface area (Å²) in [7, 11) is -3.29. The van der Waals surface area contributed by atoms with Crippen LogP contribution in [0.3, 0.4) is 0 Å². The Morgan fingerprint density at radius 3 is 1.58 bits per heavy atom. The second-order valence-corrected chi connectivity index (χ2v) is 14.1. The van der Waals surface area contributed by atoms with Gasteiger partial charge in [-0.1, -0.05) is 90.4 Å². The van der Waals surface area contributed by atoms with Crippen LogP contribution in [0.25, 0.3) is 0 Å². The molecule has 8 heteroatoms. The van der Waals surface area contributed by atoms with Crippen LogP contribution in [-0.4, -0.2) is 62.2 Å². The van der Waals surface area contributed by atoms with Gasteiger partial charge in [0.05, 0.1) is 11.5 Å². The van der Waals surface area contributed by atoms with E-state index in [0.29, 0.717) is 6.42 Å². The van der Waals surface area contributed by atoms with Gasteiger partial charge in [0, 0.05) is 0 Å². The molecule has 0 unspecified atom stereocenters. The number of hydrogen-bond acceptors (Lipinski definition) is 7. The lowest BCUT2D eigenvalue weighted by molar-refractivity contribution is -0.228. The van der Waals surface area contributed by atoms with Gasteiger partial charge in [-0.15, -0.1) is 0 Å². The number of unbranched alkanes of at least 4 members (excludes halogenated alkanes) is 13. The zero-order valence-electron chi connectivity index (χ0n) is 23.5. The molecule has 0 radical (unpaired) electrons. The summed E-state index contributed by atoms with van der Waals surface area (Å²) in [6.45, 7) is 9.58. The van der Waals surface area contributed by atoms with Crippen molar-refractivity contribution in [2.24, 2.45) is 0 Å². The Hall–Kier alpha value is -0.250. The number of hydrogen-bond donors (Lipinski definition) is 0. The van der Waals surface area contributed by atoms with Crippen molar-refractivity contribution in [3.8, 4) is 0 Å². The van der Waals surface area contributed by atoms with Gasteiger partial charge in [-0.25, -0.2) is 8.42 Å². The maximum absolute atomic E-state index is 12.9. The van der Waals surface area contributed by atoms with Crippen molar-refractivity contribution in [2.75, 3.05) is 11.5 Å². The van der Waals surface area contributed by atoms with Crippen LogP contribution < -0.4 is 0 Å². The minimum Gasteiger partial charge on any atom is -0.343 e. The normalized spacial score (nSPS) is 30.9. The molecule has 3 saturated heterocycles. The van der Waals surface area contributed by atoms with Gasteiger partial charge in [-0.2, -0.15) is 0 Å². The number of sulfone groups is 1. The lowest BCUT2D eigenvalue weighted by atomic mass is 10.00. The van der Waals surface area contributed by atoms with E-state index < -0.39 is 52.1 Å². The summed E-state index contributed by atoms with van der Waals surface area (Å²) in [5.74, 6) is -1.53. The summed E-state index contributed by atoms with van der Waals surface area (Å²) in [6, 6.07) is 0. The van der Waals surface area contributed by atoms with Gasteiger partial charge in [-0.05, 0) is 34.1 Å². The molecule has 0 saturated carbocycles. The van der Waals surface area contributed by atoms with Crippen LogP contribution >= 0.6 is 0 Å². The standard InChI is InChI=1S/C28H52O7S/c1-6-7-8-9-10-11-12-13-14-15-16-17-18-19-20-36(29,30)21-22-23-24(33-27(2,3)32-23)25-26(31-22)35-28(4,5)34-25/h22-26H,6-21H2,1-5H3/t22-,23+,24+,25-,26-/m1/s1. The summed E-state index contributed by atoms with van der Waals surface area (Å²) in [6.07, 6.45) is 14.8. The van der Waals surface area contributed by atoms with Crippen molar-refractivity contribution in [3.63, 3.8) is 0 Å². The summed E-state index contributed by atoms with van der Waals surface area (Å²) in [4.78, 5) is 0. The predicted molar refractivity (Wildman–Crippen MR) is 141 cm³/mol. The molecule has 3 rings (SSSR count). The highest BCUT2D eigenvalue weighted by atomic mass is 32.2. The molecule has 0 N–H and O–H groups in total. The summed E-state index contributed by atoms with van der Waals surface area (Å²) in [5.41, 5.74) is 0. The van der Waals surface area contributed by atoms with E-state index >= 15 is 0 Å². The Morgan fingerprint density at radius 1 is 0.583 bits per heavy atom. The third-order valence-corrected chi connectivity index (χ3v) is 9.23. The first-order valence-electron chi connectivity index (χ1n) is 14.6. The molecule has 3 heterocycles. The van der Waals surface area contributed by atoms with Crippen LogP contribution in [0.2, 0.25) is 0 Å². The van der Waals surface area contributed by atoms with Crippen LogP contribution in [0, 0.1) is 0 Å². The number of ether oxygens (including phenoxy) is 5. The Kier molecular flexibility index (Phi) is 11.5. The van der Waals surface area contributed by atoms with Gasteiger partial charge in [0.15, 0.2) is 27.7 Å². The molecule has 0 amide bonds. The first-order chi connectivity index (χ1) is 17.0. The molecule has 0 spiro atoms. The molecular formula is C28H52O7S. The lowest BCUT2D eigenvalue weighted by Crippen LogP contribution is -2.56. The van der Waals surface area contributed by atoms with Crippen molar-refractivity contribution in [1.29, 1.82) is 0 Å². The summed E-state index contributed by atoms with van der Waals surface area (Å²) < 4.78 is 56.0. The largest absolute Gasteiger partial charge is 0.343 e. The van der Waals surface area contributed by atoms with Crippen molar-refractivity contribution in [2.45, 2.75) is 167 Å². The molecule has 0 bridgehead atoms. The fourth-order valence-corrected chi connectivity index (χ4v) is 7.26. The second-order valence-electron chi connectivity index (χ2n) is 11.9. The molecule has 0 aromatic heterocycles. The highest BCUT2D eigenvalue weighted by molar-refractivity contribution is 7.91. The first kappa shape index (κ1) is 30.3. The molecule has 3 aliphatic heterocycles. The smallest absolute Gasteiger partial charge is 0.190 e. The molecule has 3 aliphatic rings. The van der Waals surface area contributed by atoms with Crippen molar-refractivity contribution in [1.82, 2.24) is 0 Å². The van der Waals surface area contributed by atoms with Gasteiger partial charge in [0.1, 0.15) is 24.4 Å². The SMILES string of the molecule is CCCCCCCCCCCCCCCCS(=O)(=O)C[C@H]1O[C@@H]2OC(C)(C)O[C@@H]2[C@H]2OC(C)(C)O[C@H]21. The highest BCUT2D eigenvalue weighted by Gasteiger charge is 2.61. The third-order valence-electron chi connectivity index (χ3n) is 7.48. The number of rotatable bonds is 17. The molecule has 0 aromatic carbocycles. The predicted octanol–water partition coefficient (Wildman–Crippen LogP) is 6.28. The van der Waals surface area contributed by atoms with Crippen molar-refractivity contribution in [3.05, 3.63) is 0 Å². The van der Waals surface area contributed by atoms with Gasteiger partial charge >= 0.3 is 0 Å². The summed E-state index contributed by atoms with van der Waals surface area (Å²) >= 11 is 0. The molecule has 212 valence electrons. The molecular weight excluding hydrogens is 480 g/mol. The van der Waals surface area contributed by atoms with Crippen LogP contribution in [0.1, 0.15) is 125 Å². The van der Waals surface area contributed by atoms with E-state index in [4.69, 9.17) is 23.7 Å². The maximum atomic E-state index is 12.9. The van der Waals surface area contributed by atoms with Gasteiger partial charge < -0.3 is 23.7 Å². The van der Waals surface area contributed by atoms with E-state index in [1.165, 1.54) is 70.6 Å². The Morgan fingerprint density at radius 2 is 1.03 bits per heavy atom. The summed E-state index contributed by atoms with van der Waals surface area (Å²) in [5, 5.41) is 0. The van der Waals surface area contributed by atoms with E-state index in [0.717, 1.165) is 12.8 Å². The molecule has 3 fully saturated rings. The van der Waals surface area contributed by atoms with E-state index in [2.05, 4.69) is 6.92 Å². The van der Waals surface area contributed by atoms with E-state index in [1.807, 2.05) is 27.7 Å². The average Bonchev–Trinajstić information content (AvgIpc) is 3.28. The van der Waals surface area contributed by atoms with Gasteiger partial charge in [0.25, 0.3) is 0 Å². The molecule has 0 aromatic rings. The average molecular weight is 533 g/mol. The molecule has 0 aliphatic carbocycles. The van der Waals surface area contributed by atoms with Crippen LogP contribution in [-0.2, 0) is 33.5 Å². The fourth-order valence-electron chi connectivity index (χ4n) is 5.68. The zero-order chi connectivity index (χ0) is 26.2. The topological polar surface area (TPSA) is 80.3 Å². The van der Waals surface area contributed by atoms with Gasteiger partial charge in [0.2, 0.25) is 0 Å². The monoisotopic (exact) mass is 532 g/mol. The zero-order valence-corrected chi connectivity index (χ0v) is 24.3. The fraction of sp³-hybridized carbons (Fsp3) is 1.00. The minimum absolute atomic E-state index is 0.0843. The van der Waals surface area contributed by atoms with Crippen LogP contribution in [0.5, 0.6) is 0 Å². The Bertz CT molecular complexity index is 751. The lowest BCUT2D eigenvalue weighted by Gasteiger charge is -2.37. The van der Waals surface area contributed by atoms with Crippen molar-refractivity contribution >= 4 is 9.84 Å². The Balaban J connectivity index is 1.30. The van der Waals surface area contributed by atoms with E-state index in [1.54, 1.807) is 0 Å². The van der Waals surface area contributed by atoms with E-state index in [9.17, 15) is 8.42 Å². The van der Waals surface area contributed by atoms with Crippen LogP contribution in [0.15, 0.2) is 0 Å². The maximum Gasteiger partial charge on any atom is 0.190 e. The quantitative estimate of drug-likeness (QED) is 0.204. The molecule has 7 nitrogen and oxygen atoms in total.